The summed E-state index contributed by atoms with van der Waals surface area (Å²) >= 11 is 0. The van der Waals surface area contributed by atoms with Crippen molar-refractivity contribution in [3.05, 3.63) is 69.8 Å². The molecule has 212 valence electrons. The third kappa shape index (κ3) is 8.00. The van der Waals surface area contributed by atoms with Crippen molar-refractivity contribution < 1.29 is 33.5 Å². The Hall–Kier alpha value is -3.50. The van der Waals surface area contributed by atoms with Gasteiger partial charge in [-0.3, -0.25) is 19.8 Å². The summed E-state index contributed by atoms with van der Waals surface area (Å²) < 4.78 is 22.9. The van der Waals surface area contributed by atoms with Crippen LogP contribution >= 0.6 is 0 Å². The lowest BCUT2D eigenvalue weighted by molar-refractivity contribution is -0.386. The predicted octanol–water partition coefficient (Wildman–Crippen LogP) is 5.37. The Bertz CT molecular complexity index is 1130. The van der Waals surface area contributed by atoms with Crippen LogP contribution < -0.4 is 4.74 Å². The number of hydrogen-bond donors (Lipinski definition) is 0. The highest BCUT2D eigenvalue weighted by atomic mass is 16.7. The van der Waals surface area contributed by atoms with Gasteiger partial charge in [-0.15, -0.1) is 0 Å². The maximum Gasteiger partial charge on any atom is 0.411 e. The minimum Gasteiger partial charge on any atom is -0.457 e. The zero-order valence-corrected chi connectivity index (χ0v) is 23.2. The number of nitro benzene ring substituents is 1. The van der Waals surface area contributed by atoms with E-state index in [0.717, 1.165) is 12.0 Å². The van der Waals surface area contributed by atoms with Gasteiger partial charge in [-0.2, -0.15) is 0 Å². The van der Waals surface area contributed by atoms with Crippen LogP contribution in [0.5, 0.6) is 5.75 Å². The average Bonchev–Trinajstić information content (AvgIpc) is 2.92. The molecule has 0 radical (unpaired) electrons. The van der Waals surface area contributed by atoms with Gasteiger partial charge in [-0.1, -0.05) is 57.2 Å². The molecule has 1 saturated heterocycles. The number of ether oxygens (including phenoxy) is 4. The molecule has 3 unspecified atom stereocenters. The fourth-order valence-electron chi connectivity index (χ4n) is 4.53. The lowest BCUT2D eigenvalue weighted by atomic mass is 9.78. The summed E-state index contributed by atoms with van der Waals surface area (Å²) in [5, 5.41) is 11.8. The third-order valence-electron chi connectivity index (χ3n) is 7.34. The molecule has 2 aromatic carbocycles. The van der Waals surface area contributed by atoms with Crippen molar-refractivity contribution in [3.8, 4) is 5.75 Å². The number of Topliss-reactive ketones (excluding diaryl/α,β-unsaturated/α-hetero) is 1. The fraction of sp³-hybridized carbons (Fsp3) is 0.517. The fourth-order valence-corrected chi connectivity index (χ4v) is 4.53. The summed E-state index contributed by atoms with van der Waals surface area (Å²) in [7, 11) is 0. The first-order valence-electron chi connectivity index (χ1n) is 13.3. The van der Waals surface area contributed by atoms with E-state index in [0.29, 0.717) is 18.7 Å². The van der Waals surface area contributed by atoms with Gasteiger partial charge in [-0.05, 0) is 49.3 Å². The van der Waals surface area contributed by atoms with Crippen molar-refractivity contribution in [3.63, 3.8) is 0 Å². The zero-order chi connectivity index (χ0) is 28.5. The van der Waals surface area contributed by atoms with Gasteiger partial charge in [0.05, 0.1) is 11.5 Å². The number of rotatable bonds is 12. The summed E-state index contributed by atoms with van der Waals surface area (Å²) in [6, 6.07) is 14.3. The van der Waals surface area contributed by atoms with E-state index >= 15 is 0 Å². The van der Waals surface area contributed by atoms with Crippen molar-refractivity contribution in [2.45, 2.75) is 60.0 Å². The SMILES string of the molecule is CCN(COCCc1ccccc1)C(=O)OCc1ccc(OC2OC(C(C)=O)C(C)[C@H](C)[C@@H]2C)c([N+](=O)[O-])c1. The van der Waals surface area contributed by atoms with E-state index in [-0.39, 0.29) is 48.3 Å². The molecule has 1 fully saturated rings. The highest BCUT2D eigenvalue weighted by Gasteiger charge is 2.42. The number of carbonyl (C=O) groups is 2. The van der Waals surface area contributed by atoms with Crippen LogP contribution in [0.3, 0.4) is 0 Å². The van der Waals surface area contributed by atoms with Crippen LogP contribution in [0.1, 0.15) is 45.7 Å². The van der Waals surface area contributed by atoms with Gasteiger partial charge in [0.15, 0.2) is 11.5 Å². The number of nitro groups is 1. The average molecular weight is 543 g/mol. The lowest BCUT2D eigenvalue weighted by Gasteiger charge is -2.42. The minimum atomic E-state index is -0.813. The standard InChI is InChI=1S/C29H38N2O8/c1-6-30(18-36-15-14-23-10-8-7-9-11-23)29(33)37-17-24-12-13-26(25(16-24)31(34)35)38-28-21(4)19(2)20(3)27(39-28)22(5)32/h7-13,16,19-21,27-28H,6,14-15,17-18H2,1-5H3/t19-,20?,21-,27?,28?/m0/s1. The van der Waals surface area contributed by atoms with Crippen molar-refractivity contribution in [1.82, 2.24) is 4.90 Å². The maximum atomic E-state index is 12.6. The Morgan fingerprint density at radius 1 is 1.03 bits per heavy atom. The number of ketones is 1. The van der Waals surface area contributed by atoms with E-state index in [9.17, 15) is 19.7 Å². The topological polar surface area (TPSA) is 117 Å². The molecule has 0 aliphatic carbocycles. The molecule has 5 atom stereocenters. The quantitative estimate of drug-likeness (QED) is 0.152. The number of nitrogens with zero attached hydrogens (tertiary/aromatic N) is 2. The Morgan fingerprint density at radius 2 is 1.74 bits per heavy atom. The second-order valence-electron chi connectivity index (χ2n) is 9.97. The van der Waals surface area contributed by atoms with Crippen LogP contribution in [-0.2, 0) is 32.0 Å². The van der Waals surface area contributed by atoms with Crippen LogP contribution in [0.4, 0.5) is 10.5 Å². The smallest absolute Gasteiger partial charge is 0.411 e. The number of hydrogen-bond acceptors (Lipinski definition) is 8. The van der Waals surface area contributed by atoms with E-state index < -0.39 is 23.4 Å². The lowest BCUT2D eigenvalue weighted by Crippen LogP contribution is -2.49. The minimum absolute atomic E-state index is 0.00125. The van der Waals surface area contributed by atoms with Crippen LogP contribution in [0.25, 0.3) is 0 Å². The Kier molecular flexibility index (Phi) is 10.8. The molecule has 0 aromatic heterocycles. The summed E-state index contributed by atoms with van der Waals surface area (Å²) in [6.07, 6.45) is -1.30. The maximum absolute atomic E-state index is 12.6. The zero-order valence-electron chi connectivity index (χ0n) is 23.2. The van der Waals surface area contributed by atoms with Crippen LogP contribution in [0.2, 0.25) is 0 Å². The van der Waals surface area contributed by atoms with Crippen molar-refractivity contribution in [2.75, 3.05) is 19.9 Å². The predicted molar refractivity (Wildman–Crippen MR) is 144 cm³/mol. The number of benzene rings is 2. The molecule has 0 spiro atoms. The number of amides is 1. The molecule has 1 heterocycles. The molecule has 1 aliphatic heterocycles. The van der Waals surface area contributed by atoms with Gasteiger partial charge >= 0.3 is 11.8 Å². The van der Waals surface area contributed by atoms with E-state index in [1.807, 2.05) is 58.0 Å². The summed E-state index contributed by atoms with van der Waals surface area (Å²) in [5.41, 5.74) is 1.30. The van der Waals surface area contributed by atoms with Crippen LogP contribution in [-0.4, -0.2) is 54.0 Å². The van der Waals surface area contributed by atoms with E-state index in [1.165, 1.54) is 24.0 Å². The third-order valence-corrected chi connectivity index (χ3v) is 7.34. The van der Waals surface area contributed by atoms with Crippen LogP contribution in [0.15, 0.2) is 48.5 Å². The first-order chi connectivity index (χ1) is 18.6. The molecule has 0 bridgehead atoms. The first-order valence-corrected chi connectivity index (χ1v) is 13.3. The second-order valence-corrected chi connectivity index (χ2v) is 9.97. The van der Waals surface area contributed by atoms with E-state index in [4.69, 9.17) is 18.9 Å². The molecule has 0 N–H and O–H groups in total. The van der Waals surface area contributed by atoms with Gasteiger partial charge in [0.25, 0.3) is 0 Å². The van der Waals surface area contributed by atoms with E-state index in [1.54, 1.807) is 6.07 Å². The van der Waals surface area contributed by atoms with Gasteiger partial charge in [0.1, 0.15) is 19.4 Å². The first kappa shape index (κ1) is 30.0. The Labute approximate surface area is 229 Å². The molecule has 2 aromatic rings. The molecular weight excluding hydrogens is 504 g/mol. The molecule has 10 nitrogen and oxygen atoms in total. The summed E-state index contributed by atoms with van der Waals surface area (Å²) in [5.74, 6) is -0.0615. The molecule has 0 saturated carbocycles. The highest BCUT2D eigenvalue weighted by Crippen LogP contribution is 2.38. The molecular formula is C29H38N2O8. The van der Waals surface area contributed by atoms with Crippen molar-refractivity contribution in [2.24, 2.45) is 17.8 Å². The second kappa shape index (κ2) is 14.0. The molecule has 1 amide bonds. The number of carbonyl (C=O) groups excluding carboxylic acids is 2. The van der Waals surface area contributed by atoms with Crippen molar-refractivity contribution in [1.29, 1.82) is 0 Å². The molecule has 39 heavy (non-hydrogen) atoms. The normalized spacial score (nSPS) is 22.6. The summed E-state index contributed by atoms with van der Waals surface area (Å²) in [6.45, 7) is 9.95. The van der Waals surface area contributed by atoms with Gasteiger partial charge < -0.3 is 18.9 Å². The van der Waals surface area contributed by atoms with Crippen LogP contribution in [0, 0.1) is 27.9 Å². The van der Waals surface area contributed by atoms with Gasteiger partial charge in [0, 0.05) is 18.5 Å². The monoisotopic (exact) mass is 542 g/mol. The Morgan fingerprint density at radius 3 is 2.38 bits per heavy atom. The highest BCUT2D eigenvalue weighted by molar-refractivity contribution is 5.80. The molecule has 1 aliphatic rings. The van der Waals surface area contributed by atoms with Gasteiger partial charge in [-0.25, -0.2) is 4.79 Å². The largest absolute Gasteiger partial charge is 0.457 e. The van der Waals surface area contributed by atoms with Gasteiger partial charge in [0.2, 0.25) is 6.29 Å². The molecule has 10 heteroatoms. The summed E-state index contributed by atoms with van der Waals surface area (Å²) in [4.78, 5) is 37.3. The van der Waals surface area contributed by atoms with Crippen molar-refractivity contribution >= 4 is 17.6 Å². The Balaban J connectivity index is 1.58. The molecule has 3 rings (SSSR count). The van der Waals surface area contributed by atoms with E-state index in [2.05, 4.69) is 0 Å².